The van der Waals surface area contributed by atoms with E-state index in [-0.39, 0.29) is 11.4 Å². The second-order valence-electron chi connectivity index (χ2n) is 4.28. The summed E-state index contributed by atoms with van der Waals surface area (Å²) < 4.78 is 0. The van der Waals surface area contributed by atoms with Crippen molar-refractivity contribution in [1.82, 2.24) is 0 Å². The van der Waals surface area contributed by atoms with Gasteiger partial charge in [0.05, 0.1) is 0 Å². The molecule has 0 unspecified atom stereocenters. The van der Waals surface area contributed by atoms with Crippen molar-refractivity contribution >= 4 is 11.5 Å². The SMILES string of the molecule is CC(C)(C)Nc1[c]ccc(C(=N)N)c1. The molecule has 75 valence electrons. The molecule has 0 saturated heterocycles. The monoisotopic (exact) mass is 190 g/mol. The largest absolute Gasteiger partial charge is 0.384 e. The van der Waals surface area contributed by atoms with Crippen molar-refractivity contribution in [2.24, 2.45) is 5.73 Å². The van der Waals surface area contributed by atoms with Crippen LogP contribution in [0.3, 0.4) is 0 Å². The molecule has 1 aromatic rings. The number of nitrogens with one attached hydrogen (secondary N) is 2. The van der Waals surface area contributed by atoms with Crippen LogP contribution in [0.2, 0.25) is 0 Å². The van der Waals surface area contributed by atoms with Crippen molar-refractivity contribution in [3.8, 4) is 0 Å². The van der Waals surface area contributed by atoms with Gasteiger partial charge in [-0.05, 0) is 26.8 Å². The lowest BCUT2D eigenvalue weighted by Gasteiger charge is -2.22. The molecule has 0 heterocycles. The Morgan fingerprint density at radius 2 is 2.14 bits per heavy atom. The first-order valence-corrected chi connectivity index (χ1v) is 4.53. The first-order valence-electron chi connectivity index (χ1n) is 4.53. The van der Waals surface area contributed by atoms with Crippen LogP contribution in [0.15, 0.2) is 18.2 Å². The summed E-state index contributed by atoms with van der Waals surface area (Å²) in [5.41, 5.74) is 6.96. The van der Waals surface area contributed by atoms with Gasteiger partial charge in [0.2, 0.25) is 0 Å². The number of benzene rings is 1. The standard InChI is InChI=1S/C11H16N3/c1-11(2,3)14-9-6-4-5-8(7-9)10(12)13/h4-5,7,14H,1-3H3,(H3,12,13). The Hall–Kier alpha value is -1.51. The van der Waals surface area contributed by atoms with Gasteiger partial charge in [-0.15, -0.1) is 0 Å². The molecule has 0 aliphatic carbocycles. The van der Waals surface area contributed by atoms with Crippen molar-refractivity contribution in [3.05, 3.63) is 29.8 Å². The van der Waals surface area contributed by atoms with Crippen LogP contribution in [0, 0.1) is 11.5 Å². The van der Waals surface area contributed by atoms with E-state index in [9.17, 15) is 0 Å². The van der Waals surface area contributed by atoms with Gasteiger partial charge in [0, 0.05) is 22.9 Å². The smallest absolute Gasteiger partial charge is 0.122 e. The van der Waals surface area contributed by atoms with Crippen molar-refractivity contribution in [2.45, 2.75) is 26.3 Å². The van der Waals surface area contributed by atoms with Gasteiger partial charge >= 0.3 is 0 Å². The van der Waals surface area contributed by atoms with E-state index in [1.807, 2.05) is 6.07 Å². The highest BCUT2D eigenvalue weighted by Gasteiger charge is 2.09. The van der Waals surface area contributed by atoms with Gasteiger partial charge in [0.15, 0.2) is 0 Å². The minimum absolute atomic E-state index is 0.00802. The van der Waals surface area contributed by atoms with E-state index in [1.165, 1.54) is 0 Å². The van der Waals surface area contributed by atoms with Crippen molar-refractivity contribution in [2.75, 3.05) is 5.32 Å². The van der Waals surface area contributed by atoms with Crippen molar-refractivity contribution in [1.29, 1.82) is 5.41 Å². The zero-order valence-corrected chi connectivity index (χ0v) is 8.81. The quantitative estimate of drug-likeness (QED) is 0.493. The number of rotatable bonds is 2. The maximum absolute atomic E-state index is 7.30. The summed E-state index contributed by atoms with van der Waals surface area (Å²) in [6.07, 6.45) is 0. The van der Waals surface area contributed by atoms with Gasteiger partial charge in [-0.2, -0.15) is 0 Å². The molecule has 0 atom stereocenters. The summed E-state index contributed by atoms with van der Waals surface area (Å²) >= 11 is 0. The maximum Gasteiger partial charge on any atom is 0.122 e. The lowest BCUT2D eigenvalue weighted by molar-refractivity contribution is 0.634. The van der Waals surface area contributed by atoms with Gasteiger partial charge in [-0.3, -0.25) is 5.41 Å². The van der Waals surface area contributed by atoms with Gasteiger partial charge in [0.25, 0.3) is 0 Å². The Morgan fingerprint density at radius 3 is 2.64 bits per heavy atom. The van der Waals surface area contributed by atoms with Crippen LogP contribution in [0.4, 0.5) is 5.69 Å². The zero-order valence-electron chi connectivity index (χ0n) is 8.81. The molecular weight excluding hydrogens is 174 g/mol. The van der Waals surface area contributed by atoms with Crippen LogP contribution in [-0.2, 0) is 0 Å². The average Bonchev–Trinajstić information content (AvgIpc) is 2.01. The van der Waals surface area contributed by atoms with Crippen molar-refractivity contribution < 1.29 is 0 Å². The summed E-state index contributed by atoms with van der Waals surface area (Å²) in [6.45, 7) is 6.21. The molecule has 14 heavy (non-hydrogen) atoms. The van der Waals surface area contributed by atoms with Gasteiger partial charge in [-0.1, -0.05) is 12.1 Å². The molecule has 0 amide bonds. The molecule has 3 nitrogen and oxygen atoms in total. The second-order valence-corrected chi connectivity index (χ2v) is 4.28. The summed E-state index contributed by atoms with van der Waals surface area (Å²) in [4.78, 5) is 0. The third-order valence-electron chi connectivity index (χ3n) is 1.62. The molecule has 0 aliphatic rings. The number of nitrogens with two attached hydrogens (primary N) is 1. The first-order chi connectivity index (χ1) is 6.38. The molecule has 4 N–H and O–H groups in total. The third kappa shape index (κ3) is 3.09. The molecule has 1 aromatic carbocycles. The number of anilines is 1. The van der Waals surface area contributed by atoms with Crippen molar-refractivity contribution in [3.63, 3.8) is 0 Å². The molecule has 1 radical (unpaired) electrons. The fourth-order valence-corrected chi connectivity index (χ4v) is 1.11. The van der Waals surface area contributed by atoms with Crippen LogP contribution in [-0.4, -0.2) is 11.4 Å². The van der Waals surface area contributed by atoms with E-state index < -0.39 is 0 Å². The summed E-state index contributed by atoms with van der Waals surface area (Å²) in [7, 11) is 0. The predicted molar refractivity (Wildman–Crippen MR) is 59.7 cm³/mol. The Morgan fingerprint density at radius 1 is 1.50 bits per heavy atom. The lowest BCUT2D eigenvalue weighted by atomic mass is 10.1. The van der Waals surface area contributed by atoms with E-state index in [2.05, 4.69) is 32.2 Å². The van der Waals surface area contributed by atoms with Gasteiger partial charge in [0.1, 0.15) is 5.84 Å². The minimum atomic E-state index is -0.00802. The Kier molecular flexibility index (Phi) is 2.79. The zero-order chi connectivity index (χ0) is 10.8. The van der Waals surface area contributed by atoms with Crippen LogP contribution in [0.25, 0.3) is 0 Å². The molecular formula is C11H16N3. The predicted octanol–water partition coefficient (Wildman–Crippen LogP) is 1.98. The summed E-state index contributed by atoms with van der Waals surface area (Å²) in [5.74, 6) is 0.0796. The fraction of sp³-hybridized carbons (Fsp3) is 0.364. The van der Waals surface area contributed by atoms with E-state index in [4.69, 9.17) is 11.1 Å². The molecule has 0 spiro atoms. The highest BCUT2D eigenvalue weighted by atomic mass is 14.9. The number of hydrogen-bond donors (Lipinski definition) is 3. The lowest BCUT2D eigenvalue weighted by Crippen LogP contribution is -2.26. The number of hydrogen-bond acceptors (Lipinski definition) is 2. The van der Waals surface area contributed by atoms with E-state index in [0.29, 0.717) is 0 Å². The maximum atomic E-state index is 7.30. The number of amidine groups is 1. The normalized spacial score (nSPS) is 11.1. The second kappa shape index (κ2) is 3.70. The molecule has 0 saturated carbocycles. The molecule has 1 rings (SSSR count). The highest BCUT2D eigenvalue weighted by molar-refractivity contribution is 5.95. The summed E-state index contributed by atoms with van der Waals surface area (Å²) in [6, 6.07) is 8.43. The Labute approximate surface area is 84.8 Å². The topological polar surface area (TPSA) is 61.9 Å². The van der Waals surface area contributed by atoms with E-state index >= 15 is 0 Å². The van der Waals surface area contributed by atoms with E-state index in [0.717, 1.165) is 11.3 Å². The summed E-state index contributed by atoms with van der Waals surface area (Å²) in [5, 5.41) is 10.6. The Bertz CT molecular complexity index is 337. The average molecular weight is 190 g/mol. The molecule has 3 heteroatoms. The fourth-order valence-electron chi connectivity index (χ4n) is 1.11. The van der Waals surface area contributed by atoms with Crippen LogP contribution >= 0.6 is 0 Å². The minimum Gasteiger partial charge on any atom is -0.384 e. The van der Waals surface area contributed by atoms with Crippen LogP contribution in [0.1, 0.15) is 26.3 Å². The highest BCUT2D eigenvalue weighted by Crippen LogP contribution is 2.15. The third-order valence-corrected chi connectivity index (χ3v) is 1.62. The van der Waals surface area contributed by atoms with Gasteiger partial charge < -0.3 is 11.1 Å². The molecule has 0 fully saturated rings. The van der Waals surface area contributed by atoms with Gasteiger partial charge in [-0.25, -0.2) is 0 Å². The Balaban J connectivity index is 2.89. The van der Waals surface area contributed by atoms with Crippen LogP contribution in [0.5, 0.6) is 0 Å². The molecule has 0 aromatic heterocycles. The first kappa shape index (κ1) is 10.6. The van der Waals surface area contributed by atoms with E-state index in [1.54, 1.807) is 12.1 Å². The van der Waals surface area contributed by atoms with Crippen LogP contribution < -0.4 is 11.1 Å². The molecule has 0 bridgehead atoms. The molecule has 0 aliphatic heterocycles. The number of nitrogen functional groups attached to an aromatic ring is 1.